The number of nitrogens with one attached hydrogen (secondary N) is 1. The third-order valence-electron chi connectivity index (χ3n) is 4.36. The van der Waals surface area contributed by atoms with Crippen LogP contribution in [-0.4, -0.2) is 20.9 Å². The molecule has 1 amide bonds. The predicted molar refractivity (Wildman–Crippen MR) is 133 cm³/mol. The summed E-state index contributed by atoms with van der Waals surface area (Å²) in [6.45, 7) is 2.37. The number of carbonyl (C=O) groups is 1. The van der Waals surface area contributed by atoms with Crippen LogP contribution in [-0.2, 0) is 14.9 Å². The summed E-state index contributed by atoms with van der Waals surface area (Å²) in [6, 6.07) is 18.5. The number of hydrogen-bond acceptors (Lipinski definition) is 6. The number of anilines is 1. The lowest BCUT2D eigenvalue weighted by Gasteiger charge is -2.11. The Hall–Kier alpha value is -3.32. The number of halogens is 2. The Morgan fingerprint density at radius 3 is 2.41 bits per heavy atom. The van der Waals surface area contributed by atoms with Gasteiger partial charge in [-0.3, -0.25) is 4.79 Å². The third-order valence-corrected chi connectivity index (χ3v) is 6.36. The van der Waals surface area contributed by atoms with E-state index in [1.165, 1.54) is 42.5 Å². The average molecular weight is 562 g/mol. The topological polar surface area (TPSA) is 105 Å². The summed E-state index contributed by atoms with van der Waals surface area (Å²) in [5.41, 5.74) is 0.427. The molecule has 0 fully saturated rings. The Balaban J connectivity index is 1.88. The molecule has 0 aliphatic rings. The Morgan fingerprint density at radius 1 is 1.12 bits per heavy atom. The lowest BCUT2D eigenvalue weighted by molar-refractivity contribution is -0.112. The largest absolute Gasteiger partial charge is 0.494 e. The van der Waals surface area contributed by atoms with E-state index >= 15 is 0 Å². The summed E-state index contributed by atoms with van der Waals surface area (Å²) in [5, 5.41) is 12.6. The molecule has 3 rings (SSSR count). The van der Waals surface area contributed by atoms with E-state index in [9.17, 15) is 18.5 Å². The molecule has 3 aromatic rings. The van der Waals surface area contributed by atoms with Gasteiger partial charge in [0.15, 0.2) is 0 Å². The quantitative estimate of drug-likeness (QED) is 0.211. The highest BCUT2D eigenvalue weighted by Crippen LogP contribution is 2.29. The standard InChI is InChI=1S/C24H18BrClN2O5S/c1-2-32-21-8-6-20(7-9-21)28-24(29)17(15-27)13-16-14-18(25)3-12-23(16)33-34(30,31)22-10-4-19(26)5-11-22/h3-14H,2H2,1H3,(H,28,29)/b17-13+. The van der Waals surface area contributed by atoms with E-state index in [0.717, 1.165) is 0 Å². The van der Waals surface area contributed by atoms with Gasteiger partial charge in [0, 0.05) is 20.7 Å². The van der Waals surface area contributed by atoms with Gasteiger partial charge in [-0.15, -0.1) is 0 Å². The minimum atomic E-state index is -4.18. The van der Waals surface area contributed by atoms with Gasteiger partial charge in [0.05, 0.1) is 6.61 Å². The molecule has 0 unspecified atom stereocenters. The van der Waals surface area contributed by atoms with E-state index < -0.39 is 16.0 Å². The van der Waals surface area contributed by atoms with Crippen molar-refractivity contribution >= 4 is 55.3 Å². The normalized spacial score (nSPS) is 11.4. The van der Waals surface area contributed by atoms with Gasteiger partial charge in [0.1, 0.15) is 28.0 Å². The van der Waals surface area contributed by atoms with Crippen LogP contribution in [0.5, 0.6) is 11.5 Å². The monoisotopic (exact) mass is 560 g/mol. The van der Waals surface area contributed by atoms with Crippen LogP contribution < -0.4 is 14.2 Å². The predicted octanol–water partition coefficient (Wildman–Crippen LogP) is 5.81. The van der Waals surface area contributed by atoms with Crippen LogP contribution in [0, 0.1) is 11.3 Å². The first-order valence-electron chi connectivity index (χ1n) is 9.87. The van der Waals surface area contributed by atoms with E-state index in [0.29, 0.717) is 27.5 Å². The van der Waals surface area contributed by atoms with Crippen molar-refractivity contribution in [1.29, 1.82) is 5.26 Å². The molecule has 0 saturated heterocycles. The van der Waals surface area contributed by atoms with Crippen molar-refractivity contribution in [3.63, 3.8) is 0 Å². The molecule has 174 valence electrons. The van der Waals surface area contributed by atoms with Gasteiger partial charge in [-0.25, -0.2) is 0 Å². The minimum Gasteiger partial charge on any atom is -0.494 e. The van der Waals surface area contributed by atoms with E-state index in [1.807, 2.05) is 13.0 Å². The first-order chi connectivity index (χ1) is 16.2. The summed E-state index contributed by atoms with van der Waals surface area (Å²) in [6.07, 6.45) is 1.25. The second kappa shape index (κ2) is 11.2. The molecule has 34 heavy (non-hydrogen) atoms. The van der Waals surface area contributed by atoms with E-state index in [1.54, 1.807) is 30.3 Å². The molecule has 0 aliphatic heterocycles. The fourth-order valence-corrected chi connectivity index (χ4v) is 4.24. The van der Waals surface area contributed by atoms with Crippen LogP contribution in [0.3, 0.4) is 0 Å². The Kier molecular flexibility index (Phi) is 8.34. The van der Waals surface area contributed by atoms with E-state index in [2.05, 4.69) is 21.2 Å². The van der Waals surface area contributed by atoms with Gasteiger partial charge >= 0.3 is 10.1 Å². The highest BCUT2D eigenvalue weighted by atomic mass is 79.9. The SMILES string of the molecule is CCOc1ccc(NC(=O)/C(C#N)=C/c2cc(Br)ccc2OS(=O)(=O)c2ccc(Cl)cc2)cc1. The summed E-state index contributed by atoms with van der Waals surface area (Å²) in [4.78, 5) is 12.6. The first kappa shape index (κ1) is 25.3. The fraction of sp³-hybridized carbons (Fsp3) is 0.0833. The van der Waals surface area contributed by atoms with Gasteiger partial charge in [-0.2, -0.15) is 13.7 Å². The molecular formula is C24H18BrClN2O5S. The van der Waals surface area contributed by atoms with Crippen LogP contribution in [0.15, 0.2) is 81.7 Å². The number of hydrogen-bond donors (Lipinski definition) is 1. The smallest absolute Gasteiger partial charge is 0.339 e. The lowest BCUT2D eigenvalue weighted by Crippen LogP contribution is -2.14. The second-order valence-electron chi connectivity index (χ2n) is 6.75. The van der Waals surface area contributed by atoms with Gasteiger partial charge in [-0.1, -0.05) is 27.5 Å². The van der Waals surface area contributed by atoms with Crippen molar-refractivity contribution in [2.24, 2.45) is 0 Å². The molecule has 0 bridgehead atoms. The zero-order chi connectivity index (χ0) is 24.7. The zero-order valence-electron chi connectivity index (χ0n) is 17.8. The first-order valence-corrected chi connectivity index (χ1v) is 12.5. The van der Waals surface area contributed by atoms with Gasteiger partial charge in [0.25, 0.3) is 5.91 Å². The van der Waals surface area contributed by atoms with Crippen LogP contribution in [0.1, 0.15) is 12.5 Å². The number of ether oxygens (including phenoxy) is 1. The maximum atomic E-state index is 12.7. The molecule has 1 N–H and O–H groups in total. The third kappa shape index (κ3) is 6.60. The number of amides is 1. The van der Waals surface area contributed by atoms with Crippen molar-refractivity contribution in [2.45, 2.75) is 11.8 Å². The van der Waals surface area contributed by atoms with Crippen LogP contribution in [0.25, 0.3) is 6.08 Å². The highest BCUT2D eigenvalue weighted by molar-refractivity contribution is 9.10. The molecule has 0 aromatic heterocycles. The van der Waals surface area contributed by atoms with Gasteiger partial charge in [-0.05, 0) is 79.7 Å². The van der Waals surface area contributed by atoms with Crippen molar-refractivity contribution in [3.05, 3.63) is 87.4 Å². The molecule has 10 heteroatoms. The second-order valence-corrected chi connectivity index (χ2v) is 9.65. The maximum Gasteiger partial charge on any atom is 0.339 e. The van der Waals surface area contributed by atoms with E-state index in [-0.39, 0.29) is 21.8 Å². The number of nitriles is 1. The van der Waals surface area contributed by atoms with Crippen LogP contribution in [0.4, 0.5) is 5.69 Å². The molecular weight excluding hydrogens is 544 g/mol. The van der Waals surface area contributed by atoms with Crippen LogP contribution in [0.2, 0.25) is 5.02 Å². The number of carbonyl (C=O) groups excluding carboxylic acids is 1. The van der Waals surface area contributed by atoms with Gasteiger partial charge < -0.3 is 14.2 Å². The van der Waals surface area contributed by atoms with E-state index in [4.69, 9.17) is 20.5 Å². The van der Waals surface area contributed by atoms with Crippen LogP contribution >= 0.6 is 27.5 Å². The molecule has 0 spiro atoms. The molecule has 0 heterocycles. The minimum absolute atomic E-state index is 0.0558. The fourth-order valence-electron chi connectivity index (χ4n) is 2.78. The van der Waals surface area contributed by atoms with Crippen molar-refractivity contribution < 1.29 is 22.1 Å². The van der Waals surface area contributed by atoms with Gasteiger partial charge in [0.2, 0.25) is 0 Å². The number of nitrogens with zero attached hydrogens (tertiary/aromatic N) is 1. The summed E-state index contributed by atoms with van der Waals surface area (Å²) >= 11 is 9.13. The summed E-state index contributed by atoms with van der Waals surface area (Å²) < 4.78 is 36.7. The molecule has 0 aliphatic carbocycles. The summed E-state index contributed by atoms with van der Waals surface area (Å²) in [7, 11) is -4.18. The Bertz CT molecular complexity index is 1370. The molecule has 3 aromatic carbocycles. The lowest BCUT2D eigenvalue weighted by atomic mass is 10.1. The average Bonchev–Trinajstić information content (AvgIpc) is 2.80. The number of rotatable bonds is 8. The molecule has 0 saturated carbocycles. The summed E-state index contributed by atoms with van der Waals surface area (Å²) in [5.74, 6) is -0.0766. The molecule has 7 nitrogen and oxygen atoms in total. The molecule has 0 radical (unpaired) electrons. The maximum absolute atomic E-state index is 12.7. The highest BCUT2D eigenvalue weighted by Gasteiger charge is 2.19. The zero-order valence-corrected chi connectivity index (χ0v) is 20.9. The number of benzene rings is 3. The molecule has 0 atom stereocenters. The van der Waals surface area contributed by atoms with Crippen molar-refractivity contribution in [3.8, 4) is 17.6 Å². The Morgan fingerprint density at radius 2 is 1.79 bits per heavy atom. The van der Waals surface area contributed by atoms with Crippen molar-refractivity contribution in [2.75, 3.05) is 11.9 Å². The Labute approximate surface area is 210 Å². The van der Waals surface area contributed by atoms with Crippen molar-refractivity contribution in [1.82, 2.24) is 0 Å².